The van der Waals surface area contributed by atoms with Crippen LogP contribution >= 0.6 is 0 Å². The number of nitrogens with zero attached hydrogens (tertiary/aromatic N) is 1. The van der Waals surface area contributed by atoms with Gasteiger partial charge in [0.25, 0.3) is 0 Å². The SMILES string of the molecule is CC(N)C(=O)NC(Cc1ccccc1)C(=O)NC(Cc1cnc[nH]1)C(=O)NC(Cc1ccccc1)C(=O)O. The van der Waals surface area contributed by atoms with Crippen molar-refractivity contribution in [3.63, 3.8) is 0 Å². The van der Waals surface area contributed by atoms with Crippen LogP contribution < -0.4 is 21.7 Å². The van der Waals surface area contributed by atoms with Crippen LogP contribution in [0.4, 0.5) is 0 Å². The number of hydrogen-bond donors (Lipinski definition) is 6. The number of aromatic amines is 1. The number of nitrogens with one attached hydrogen (secondary N) is 4. The highest BCUT2D eigenvalue weighted by Gasteiger charge is 2.30. The molecule has 7 N–H and O–H groups in total. The molecular weight excluding hydrogens is 488 g/mol. The summed E-state index contributed by atoms with van der Waals surface area (Å²) in [6, 6.07) is 13.7. The van der Waals surface area contributed by atoms with Crippen molar-refractivity contribution in [3.8, 4) is 0 Å². The molecule has 4 unspecified atom stereocenters. The molecule has 1 heterocycles. The highest BCUT2D eigenvalue weighted by atomic mass is 16.4. The summed E-state index contributed by atoms with van der Waals surface area (Å²) in [4.78, 5) is 57.8. The van der Waals surface area contributed by atoms with Crippen molar-refractivity contribution in [3.05, 3.63) is 90.0 Å². The van der Waals surface area contributed by atoms with Crippen LogP contribution in [0, 0.1) is 0 Å². The van der Waals surface area contributed by atoms with E-state index in [-0.39, 0.29) is 19.3 Å². The zero-order valence-electron chi connectivity index (χ0n) is 21.0. The Morgan fingerprint density at radius 2 is 1.26 bits per heavy atom. The van der Waals surface area contributed by atoms with Crippen molar-refractivity contribution in [1.29, 1.82) is 0 Å². The number of carbonyl (C=O) groups excluding carboxylic acids is 3. The molecule has 0 aliphatic heterocycles. The summed E-state index contributed by atoms with van der Waals surface area (Å²) in [5.41, 5.74) is 7.77. The van der Waals surface area contributed by atoms with Crippen LogP contribution in [0.15, 0.2) is 73.2 Å². The van der Waals surface area contributed by atoms with Crippen molar-refractivity contribution < 1.29 is 24.3 Å². The van der Waals surface area contributed by atoms with E-state index < -0.39 is 47.9 Å². The van der Waals surface area contributed by atoms with Gasteiger partial charge in [0.1, 0.15) is 18.1 Å². The van der Waals surface area contributed by atoms with Gasteiger partial charge < -0.3 is 31.8 Å². The first-order valence-electron chi connectivity index (χ1n) is 12.2. The van der Waals surface area contributed by atoms with E-state index in [0.29, 0.717) is 5.69 Å². The number of carboxylic acid groups (broad SMARTS) is 1. The maximum absolute atomic E-state index is 13.4. The van der Waals surface area contributed by atoms with Crippen molar-refractivity contribution in [1.82, 2.24) is 25.9 Å². The summed E-state index contributed by atoms with van der Waals surface area (Å²) >= 11 is 0. The number of aromatic nitrogens is 2. The standard InChI is InChI=1S/C27H32N6O5/c1-17(28)24(34)31-21(12-18-8-4-2-5-9-18)25(35)32-22(14-20-15-29-16-30-20)26(36)33-23(27(37)38)13-19-10-6-3-7-11-19/h2-11,15-17,21-23H,12-14,28H2,1H3,(H,29,30)(H,31,34)(H,32,35)(H,33,36)(H,37,38). The van der Waals surface area contributed by atoms with E-state index in [4.69, 9.17) is 5.73 Å². The molecule has 11 heteroatoms. The molecule has 0 radical (unpaired) electrons. The maximum atomic E-state index is 13.4. The van der Waals surface area contributed by atoms with E-state index in [0.717, 1.165) is 11.1 Å². The van der Waals surface area contributed by atoms with Crippen LogP contribution in [0.2, 0.25) is 0 Å². The monoisotopic (exact) mass is 520 g/mol. The minimum absolute atomic E-state index is 0.0224. The van der Waals surface area contributed by atoms with Gasteiger partial charge in [0.15, 0.2) is 0 Å². The van der Waals surface area contributed by atoms with Gasteiger partial charge in [0.05, 0.1) is 12.4 Å². The molecule has 0 spiro atoms. The van der Waals surface area contributed by atoms with E-state index in [1.54, 1.807) is 24.3 Å². The lowest BCUT2D eigenvalue weighted by Gasteiger charge is -2.25. The number of amides is 3. The lowest BCUT2D eigenvalue weighted by molar-refractivity contribution is -0.142. The number of hydrogen-bond acceptors (Lipinski definition) is 6. The first kappa shape index (κ1) is 28.1. The summed E-state index contributed by atoms with van der Waals surface area (Å²) < 4.78 is 0. The minimum Gasteiger partial charge on any atom is -0.480 e. The van der Waals surface area contributed by atoms with Crippen LogP contribution in [0.1, 0.15) is 23.7 Å². The van der Waals surface area contributed by atoms with Gasteiger partial charge in [-0.15, -0.1) is 0 Å². The topological polar surface area (TPSA) is 179 Å². The van der Waals surface area contributed by atoms with Gasteiger partial charge >= 0.3 is 5.97 Å². The van der Waals surface area contributed by atoms with Gasteiger partial charge in [-0.2, -0.15) is 0 Å². The van der Waals surface area contributed by atoms with Gasteiger partial charge in [-0.1, -0.05) is 60.7 Å². The minimum atomic E-state index is -1.22. The predicted molar refractivity (Wildman–Crippen MR) is 140 cm³/mol. The molecule has 11 nitrogen and oxygen atoms in total. The summed E-state index contributed by atoms with van der Waals surface area (Å²) in [6.07, 6.45) is 3.19. The van der Waals surface area contributed by atoms with E-state index in [1.165, 1.54) is 19.4 Å². The van der Waals surface area contributed by atoms with Gasteiger partial charge in [-0.05, 0) is 18.1 Å². The Morgan fingerprint density at radius 3 is 1.74 bits per heavy atom. The Morgan fingerprint density at radius 1 is 0.789 bits per heavy atom. The average molecular weight is 521 g/mol. The van der Waals surface area contributed by atoms with Crippen LogP contribution in [0.3, 0.4) is 0 Å². The molecule has 3 aromatic rings. The fraction of sp³-hybridized carbons (Fsp3) is 0.296. The molecule has 2 aromatic carbocycles. The summed E-state index contributed by atoms with van der Waals surface area (Å²) in [6.45, 7) is 1.50. The molecule has 0 aliphatic rings. The van der Waals surface area contributed by atoms with Crippen molar-refractivity contribution in [2.24, 2.45) is 5.73 Å². The maximum Gasteiger partial charge on any atom is 0.326 e. The third-order valence-electron chi connectivity index (χ3n) is 5.84. The molecule has 4 atom stereocenters. The first-order valence-corrected chi connectivity index (χ1v) is 12.2. The van der Waals surface area contributed by atoms with Gasteiger partial charge in [0.2, 0.25) is 17.7 Å². The molecule has 0 aliphatic carbocycles. The Bertz CT molecular complexity index is 1200. The number of imidazole rings is 1. The second-order valence-corrected chi connectivity index (χ2v) is 8.97. The van der Waals surface area contributed by atoms with Crippen molar-refractivity contribution in [2.45, 2.75) is 50.4 Å². The highest BCUT2D eigenvalue weighted by Crippen LogP contribution is 2.08. The summed E-state index contributed by atoms with van der Waals surface area (Å²) in [5.74, 6) is -3.03. The highest BCUT2D eigenvalue weighted by molar-refractivity contribution is 5.94. The second kappa shape index (κ2) is 13.7. The number of benzene rings is 2. The van der Waals surface area contributed by atoms with Crippen LogP contribution in [-0.4, -0.2) is 62.9 Å². The van der Waals surface area contributed by atoms with E-state index in [1.807, 2.05) is 36.4 Å². The number of rotatable bonds is 13. The lowest BCUT2D eigenvalue weighted by atomic mass is 10.0. The number of carboxylic acids is 1. The molecule has 0 saturated carbocycles. The van der Waals surface area contributed by atoms with Gasteiger partial charge in [-0.25, -0.2) is 9.78 Å². The Labute approximate surface area is 220 Å². The van der Waals surface area contributed by atoms with E-state index in [9.17, 15) is 24.3 Å². The third-order valence-corrected chi connectivity index (χ3v) is 5.84. The van der Waals surface area contributed by atoms with Crippen molar-refractivity contribution >= 4 is 23.7 Å². The van der Waals surface area contributed by atoms with Crippen LogP contribution in [0.25, 0.3) is 0 Å². The van der Waals surface area contributed by atoms with Crippen molar-refractivity contribution in [2.75, 3.05) is 0 Å². The van der Waals surface area contributed by atoms with Gasteiger partial charge in [-0.3, -0.25) is 14.4 Å². The summed E-state index contributed by atoms with van der Waals surface area (Å²) in [7, 11) is 0. The van der Waals surface area contributed by atoms with E-state index in [2.05, 4.69) is 25.9 Å². The lowest BCUT2D eigenvalue weighted by Crippen LogP contribution is -2.58. The van der Waals surface area contributed by atoms with E-state index >= 15 is 0 Å². The number of carbonyl (C=O) groups is 4. The number of aliphatic carboxylic acids is 1. The third kappa shape index (κ3) is 8.56. The molecular formula is C27H32N6O5. The zero-order chi connectivity index (χ0) is 27.5. The molecule has 0 fully saturated rings. The smallest absolute Gasteiger partial charge is 0.326 e. The van der Waals surface area contributed by atoms with Crippen LogP contribution in [-0.2, 0) is 38.4 Å². The normalized spacial score (nSPS) is 13.9. The first-order chi connectivity index (χ1) is 18.2. The fourth-order valence-corrected chi connectivity index (χ4v) is 3.78. The summed E-state index contributed by atoms with van der Waals surface area (Å²) in [5, 5.41) is 17.6. The fourth-order valence-electron chi connectivity index (χ4n) is 3.78. The van der Waals surface area contributed by atoms with Gasteiger partial charge in [0, 0.05) is 31.2 Å². The molecule has 0 bridgehead atoms. The zero-order valence-corrected chi connectivity index (χ0v) is 21.0. The van der Waals surface area contributed by atoms with Crippen LogP contribution in [0.5, 0.6) is 0 Å². The second-order valence-electron chi connectivity index (χ2n) is 8.97. The molecule has 0 saturated heterocycles. The quantitative estimate of drug-likeness (QED) is 0.188. The number of nitrogens with two attached hydrogens (primary N) is 1. The average Bonchev–Trinajstić information content (AvgIpc) is 3.41. The molecule has 3 amide bonds. The molecule has 3 rings (SSSR count). The largest absolute Gasteiger partial charge is 0.480 e. The Balaban J connectivity index is 1.79. The molecule has 38 heavy (non-hydrogen) atoms. The Kier molecular flexibility index (Phi) is 10.1. The predicted octanol–water partition coefficient (Wildman–Crippen LogP) is 0.324. The Hall–Kier alpha value is -4.51. The number of H-pyrrole nitrogens is 1. The molecule has 200 valence electrons. The molecule has 1 aromatic heterocycles.